The Morgan fingerprint density at radius 3 is 2.72 bits per heavy atom. The van der Waals surface area contributed by atoms with E-state index >= 15 is 0 Å². The lowest BCUT2D eigenvalue weighted by Gasteiger charge is -2.18. The average molecular weight is 366 g/mol. The first-order valence-corrected chi connectivity index (χ1v) is 8.19. The van der Waals surface area contributed by atoms with Gasteiger partial charge in [-0.1, -0.05) is 0 Å². The van der Waals surface area contributed by atoms with Crippen molar-refractivity contribution < 1.29 is 29.3 Å². The van der Waals surface area contributed by atoms with Crippen LogP contribution in [0, 0.1) is 0 Å². The molecule has 1 unspecified atom stereocenters. The maximum absolute atomic E-state index is 12.1. The molecule has 1 heterocycles. The molecule has 0 fully saturated rings. The van der Waals surface area contributed by atoms with E-state index in [4.69, 9.17) is 14.6 Å². The van der Waals surface area contributed by atoms with Crippen LogP contribution >= 0.6 is 11.3 Å². The molecule has 3 N–H and O–H groups in total. The lowest BCUT2D eigenvalue weighted by molar-refractivity contribution is -0.155. The second-order valence-corrected chi connectivity index (χ2v) is 6.11. The van der Waals surface area contributed by atoms with Crippen LogP contribution in [0.5, 0.6) is 11.5 Å². The molecular formula is C16H18N2O6S. The Morgan fingerprint density at radius 1 is 1.36 bits per heavy atom. The molecule has 1 atom stereocenters. The zero-order valence-electron chi connectivity index (χ0n) is 13.7. The number of ether oxygens (including phenoxy) is 2. The Morgan fingerprint density at radius 2 is 2.12 bits per heavy atom. The fourth-order valence-corrected chi connectivity index (χ4v) is 2.36. The summed E-state index contributed by atoms with van der Waals surface area (Å²) in [7, 11) is 1.45. The molecule has 0 spiro atoms. The van der Waals surface area contributed by atoms with Crippen LogP contribution in [0.15, 0.2) is 29.1 Å². The Hall–Kier alpha value is -2.65. The summed E-state index contributed by atoms with van der Waals surface area (Å²) in [6.07, 6.45) is 0. The van der Waals surface area contributed by atoms with Gasteiger partial charge in [0, 0.05) is 10.9 Å². The normalized spacial score (nSPS) is 12.9. The highest BCUT2D eigenvalue weighted by molar-refractivity contribution is 7.07. The second-order valence-electron chi connectivity index (χ2n) is 5.40. The van der Waals surface area contributed by atoms with E-state index in [-0.39, 0.29) is 12.2 Å². The molecule has 0 aliphatic rings. The molecule has 0 saturated carbocycles. The summed E-state index contributed by atoms with van der Waals surface area (Å²) >= 11 is 1.46. The van der Waals surface area contributed by atoms with Gasteiger partial charge >= 0.3 is 5.97 Å². The van der Waals surface area contributed by atoms with E-state index in [0.717, 1.165) is 12.6 Å². The van der Waals surface area contributed by atoms with E-state index in [2.05, 4.69) is 10.3 Å². The number of hydrogen-bond donors (Lipinski definition) is 3. The highest BCUT2D eigenvalue weighted by Crippen LogP contribution is 2.28. The van der Waals surface area contributed by atoms with Crippen molar-refractivity contribution in [3.63, 3.8) is 0 Å². The molecule has 1 amide bonds. The molecule has 1 aromatic carbocycles. The molecule has 9 heteroatoms. The number of carbonyl (C=O) groups is 2. The lowest BCUT2D eigenvalue weighted by atomic mass is 10.1. The van der Waals surface area contributed by atoms with Crippen molar-refractivity contribution in [1.82, 2.24) is 10.3 Å². The number of aliphatic hydroxyl groups is 1. The first kappa shape index (κ1) is 18.7. The van der Waals surface area contributed by atoms with Gasteiger partial charge in [0.2, 0.25) is 0 Å². The van der Waals surface area contributed by atoms with E-state index < -0.39 is 24.0 Å². The summed E-state index contributed by atoms with van der Waals surface area (Å²) in [6.45, 7) is 0.948. The summed E-state index contributed by atoms with van der Waals surface area (Å²) in [6, 6.07) is 4.57. The second kappa shape index (κ2) is 7.95. The van der Waals surface area contributed by atoms with Crippen molar-refractivity contribution in [1.29, 1.82) is 0 Å². The molecular weight excluding hydrogens is 348 g/mol. The Kier molecular flexibility index (Phi) is 5.94. The fraction of sp³-hybridized carbons (Fsp3) is 0.312. The molecule has 8 nitrogen and oxygen atoms in total. The van der Waals surface area contributed by atoms with Gasteiger partial charge in [0.1, 0.15) is 6.61 Å². The summed E-state index contributed by atoms with van der Waals surface area (Å²) in [5.74, 6) is -1.15. The number of nitrogens with zero attached hydrogens (tertiary/aromatic N) is 1. The number of hydrogen-bond acceptors (Lipinski definition) is 7. The summed E-state index contributed by atoms with van der Waals surface area (Å²) in [5.41, 5.74) is 0.690. The van der Waals surface area contributed by atoms with Crippen molar-refractivity contribution in [3.8, 4) is 11.5 Å². The fourth-order valence-electron chi connectivity index (χ4n) is 1.82. The van der Waals surface area contributed by atoms with E-state index in [1.165, 1.54) is 30.6 Å². The highest BCUT2D eigenvalue weighted by atomic mass is 32.1. The number of carboxylic acid groups (broad SMARTS) is 1. The minimum absolute atomic E-state index is 0.249. The monoisotopic (exact) mass is 366 g/mol. The van der Waals surface area contributed by atoms with Gasteiger partial charge < -0.3 is 25.0 Å². The lowest BCUT2D eigenvalue weighted by Crippen LogP contribution is -2.46. The van der Waals surface area contributed by atoms with Gasteiger partial charge in [-0.15, -0.1) is 11.3 Å². The zero-order chi connectivity index (χ0) is 18.4. The van der Waals surface area contributed by atoms with Crippen LogP contribution in [-0.4, -0.2) is 46.3 Å². The number of aliphatic carboxylic acids is 1. The SMILES string of the molecule is COc1cc(C(=O)NCC(C)(O)C(=O)O)ccc1OCc1cscn1. The first-order valence-electron chi connectivity index (χ1n) is 7.25. The third-order valence-corrected chi connectivity index (χ3v) is 3.97. The molecule has 134 valence electrons. The van der Waals surface area contributed by atoms with Gasteiger partial charge in [0.15, 0.2) is 17.1 Å². The van der Waals surface area contributed by atoms with E-state index in [1.807, 2.05) is 5.38 Å². The van der Waals surface area contributed by atoms with Gasteiger partial charge in [-0.3, -0.25) is 4.79 Å². The summed E-state index contributed by atoms with van der Waals surface area (Å²) < 4.78 is 10.8. The molecule has 2 aromatic rings. The maximum Gasteiger partial charge on any atom is 0.337 e. The quantitative estimate of drug-likeness (QED) is 0.644. The van der Waals surface area contributed by atoms with Crippen molar-refractivity contribution >= 4 is 23.2 Å². The van der Waals surface area contributed by atoms with Gasteiger partial charge in [-0.2, -0.15) is 0 Å². The van der Waals surface area contributed by atoms with Crippen LogP contribution in [0.25, 0.3) is 0 Å². The molecule has 0 aliphatic heterocycles. The number of carboxylic acids is 1. The number of amides is 1. The largest absolute Gasteiger partial charge is 0.493 e. The molecule has 1 aromatic heterocycles. The van der Waals surface area contributed by atoms with Crippen LogP contribution in [0.2, 0.25) is 0 Å². The number of methoxy groups -OCH3 is 1. The predicted molar refractivity (Wildman–Crippen MR) is 90.0 cm³/mol. The number of carbonyl (C=O) groups excluding carboxylic acids is 1. The van der Waals surface area contributed by atoms with Crippen LogP contribution in [-0.2, 0) is 11.4 Å². The minimum Gasteiger partial charge on any atom is -0.493 e. The molecule has 0 saturated heterocycles. The van der Waals surface area contributed by atoms with E-state index in [0.29, 0.717) is 11.5 Å². The highest BCUT2D eigenvalue weighted by Gasteiger charge is 2.30. The van der Waals surface area contributed by atoms with Crippen LogP contribution < -0.4 is 14.8 Å². The standard InChI is InChI=1S/C16H18N2O6S/c1-16(22,15(20)21)8-17-14(19)10-3-4-12(13(5-10)23-2)24-6-11-7-25-9-18-11/h3-5,7,9,22H,6,8H2,1-2H3,(H,17,19)(H,20,21). The number of benzene rings is 1. The molecule has 2 rings (SSSR count). The maximum atomic E-state index is 12.1. The zero-order valence-corrected chi connectivity index (χ0v) is 14.5. The molecule has 0 radical (unpaired) electrons. The number of nitrogens with one attached hydrogen (secondary N) is 1. The van der Waals surface area contributed by atoms with Crippen LogP contribution in [0.3, 0.4) is 0 Å². The van der Waals surface area contributed by atoms with Gasteiger partial charge in [0.25, 0.3) is 5.91 Å². The van der Waals surface area contributed by atoms with E-state index in [1.54, 1.807) is 11.6 Å². The number of aromatic nitrogens is 1. The predicted octanol–water partition coefficient (Wildman–Crippen LogP) is 1.30. The summed E-state index contributed by atoms with van der Waals surface area (Å²) in [5, 5.41) is 22.7. The average Bonchev–Trinajstić information content (AvgIpc) is 3.11. The Labute approximate surface area is 148 Å². The van der Waals surface area contributed by atoms with Crippen molar-refractivity contribution in [2.75, 3.05) is 13.7 Å². The van der Waals surface area contributed by atoms with E-state index in [9.17, 15) is 14.7 Å². The third kappa shape index (κ3) is 4.91. The smallest absolute Gasteiger partial charge is 0.337 e. The Balaban J connectivity index is 2.04. The van der Waals surface area contributed by atoms with Gasteiger partial charge in [-0.05, 0) is 25.1 Å². The molecule has 0 bridgehead atoms. The van der Waals surface area contributed by atoms with Gasteiger partial charge in [-0.25, -0.2) is 9.78 Å². The topological polar surface area (TPSA) is 118 Å². The van der Waals surface area contributed by atoms with Crippen LogP contribution in [0.4, 0.5) is 0 Å². The van der Waals surface area contributed by atoms with Crippen molar-refractivity contribution in [2.45, 2.75) is 19.1 Å². The third-order valence-electron chi connectivity index (χ3n) is 3.34. The Bertz CT molecular complexity index is 745. The van der Waals surface area contributed by atoms with Gasteiger partial charge in [0.05, 0.1) is 24.9 Å². The van der Waals surface area contributed by atoms with Crippen molar-refractivity contribution in [3.05, 3.63) is 40.3 Å². The summed E-state index contributed by atoms with van der Waals surface area (Å²) in [4.78, 5) is 27.1. The van der Waals surface area contributed by atoms with Crippen molar-refractivity contribution in [2.24, 2.45) is 0 Å². The number of thiazole rings is 1. The minimum atomic E-state index is -2.05. The first-order chi connectivity index (χ1) is 11.8. The molecule has 0 aliphatic carbocycles. The number of rotatable bonds is 8. The van der Waals surface area contributed by atoms with Crippen LogP contribution in [0.1, 0.15) is 23.0 Å². The molecule has 25 heavy (non-hydrogen) atoms.